The Morgan fingerprint density at radius 1 is 1.33 bits per heavy atom. The molecule has 3 atom stereocenters. The topological polar surface area (TPSA) is 35.0 Å². The third-order valence-corrected chi connectivity index (χ3v) is 5.59. The Bertz CT molecular complexity index is 477. The summed E-state index contributed by atoms with van der Waals surface area (Å²) >= 11 is 0. The fourth-order valence-electron chi connectivity index (χ4n) is 3.84. The lowest BCUT2D eigenvalue weighted by atomic mass is 9.70. The summed E-state index contributed by atoms with van der Waals surface area (Å²) < 4.78 is 19.0. The predicted molar refractivity (Wildman–Crippen MR) is 65.6 cm³/mol. The van der Waals surface area contributed by atoms with Crippen molar-refractivity contribution in [2.75, 3.05) is 0 Å². The van der Waals surface area contributed by atoms with Gasteiger partial charge in [0.1, 0.15) is 12.4 Å². The van der Waals surface area contributed by atoms with E-state index in [1.165, 1.54) is 25.2 Å². The standard InChI is InChI=1S/C14H19FN2O/c1-13(2)9-4-5-14(13,3)10(6-9)18-12-7-11(15)16-8-17-12/h7-10H,4-6H2,1-3H3. The van der Waals surface area contributed by atoms with Crippen molar-refractivity contribution in [3.63, 3.8) is 0 Å². The minimum Gasteiger partial charge on any atom is -0.474 e. The average Bonchev–Trinajstić information content (AvgIpc) is 2.62. The van der Waals surface area contributed by atoms with Crippen LogP contribution in [0.1, 0.15) is 40.0 Å². The number of nitrogens with zero attached hydrogens (tertiary/aromatic N) is 2. The van der Waals surface area contributed by atoms with Gasteiger partial charge in [0, 0.05) is 5.41 Å². The summed E-state index contributed by atoms with van der Waals surface area (Å²) in [6.07, 6.45) is 4.87. The number of hydrogen-bond donors (Lipinski definition) is 0. The smallest absolute Gasteiger partial charge is 0.219 e. The maximum absolute atomic E-state index is 13.0. The number of fused-ring (bicyclic) bond motifs is 2. The molecule has 0 spiro atoms. The van der Waals surface area contributed by atoms with Crippen LogP contribution in [-0.4, -0.2) is 16.1 Å². The molecule has 98 valence electrons. The van der Waals surface area contributed by atoms with E-state index in [0.717, 1.165) is 6.42 Å². The molecule has 1 aromatic heterocycles. The van der Waals surface area contributed by atoms with Crippen LogP contribution in [-0.2, 0) is 0 Å². The van der Waals surface area contributed by atoms with Crippen LogP contribution in [0.5, 0.6) is 5.88 Å². The average molecular weight is 250 g/mol. The van der Waals surface area contributed by atoms with Crippen molar-refractivity contribution >= 4 is 0 Å². The molecule has 0 radical (unpaired) electrons. The molecule has 2 saturated carbocycles. The normalized spacial score (nSPS) is 36.9. The number of hydrogen-bond acceptors (Lipinski definition) is 3. The van der Waals surface area contributed by atoms with E-state index in [9.17, 15) is 4.39 Å². The molecule has 2 bridgehead atoms. The summed E-state index contributed by atoms with van der Waals surface area (Å²) in [5.41, 5.74) is 0.461. The highest BCUT2D eigenvalue weighted by atomic mass is 19.1. The molecule has 0 aromatic carbocycles. The molecular weight excluding hydrogens is 231 g/mol. The molecule has 3 unspecified atom stereocenters. The SMILES string of the molecule is CC1(C)C2CCC1(C)C(Oc1cc(F)ncn1)C2. The van der Waals surface area contributed by atoms with Crippen molar-refractivity contribution in [3.8, 4) is 5.88 Å². The molecule has 0 amide bonds. The molecule has 0 N–H and O–H groups in total. The van der Waals surface area contributed by atoms with Crippen LogP contribution in [0.4, 0.5) is 4.39 Å². The number of halogens is 1. The van der Waals surface area contributed by atoms with Gasteiger partial charge in [-0.1, -0.05) is 20.8 Å². The zero-order valence-electron chi connectivity index (χ0n) is 11.1. The Labute approximate surface area is 107 Å². The second-order valence-corrected chi connectivity index (χ2v) is 6.40. The number of rotatable bonds is 2. The summed E-state index contributed by atoms with van der Waals surface area (Å²) in [4.78, 5) is 7.44. The Balaban J connectivity index is 1.84. The van der Waals surface area contributed by atoms with Crippen LogP contribution < -0.4 is 4.74 Å². The van der Waals surface area contributed by atoms with Gasteiger partial charge in [-0.3, -0.25) is 0 Å². The van der Waals surface area contributed by atoms with Gasteiger partial charge >= 0.3 is 0 Å². The second-order valence-electron chi connectivity index (χ2n) is 6.40. The first kappa shape index (κ1) is 11.9. The fraction of sp³-hybridized carbons (Fsp3) is 0.714. The Morgan fingerprint density at radius 2 is 2.11 bits per heavy atom. The van der Waals surface area contributed by atoms with Crippen LogP contribution in [0.15, 0.2) is 12.4 Å². The van der Waals surface area contributed by atoms with Gasteiger partial charge in [0.25, 0.3) is 0 Å². The molecule has 2 fully saturated rings. The van der Waals surface area contributed by atoms with E-state index in [1.54, 1.807) is 0 Å². The van der Waals surface area contributed by atoms with Gasteiger partial charge in [-0.05, 0) is 30.6 Å². The molecule has 0 aliphatic heterocycles. The van der Waals surface area contributed by atoms with Crippen molar-refractivity contribution in [1.82, 2.24) is 9.97 Å². The number of aromatic nitrogens is 2. The fourth-order valence-corrected chi connectivity index (χ4v) is 3.84. The zero-order chi connectivity index (χ0) is 13.0. The Morgan fingerprint density at radius 3 is 2.67 bits per heavy atom. The van der Waals surface area contributed by atoms with Crippen molar-refractivity contribution in [2.45, 2.75) is 46.1 Å². The zero-order valence-corrected chi connectivity index (χ0v) is 11.1. The van der Waals surface area contributed by atoms with Gasteiger partial charge < -0.3 is 4.74 Å². The van der Waals surface area contributed by atoms with E-state index in [0.29, 0.717) is 17.2 Å². The molecule has 4 heteroatoms. The predicted octanol–water partition coefficient (Wildman–Crippen LogP) is 3.21. The summed E-state index contributed by atoms with van der Waals surface area (Å²) in [5.74, 6) is 0.531. The van der Waals surface area contributed by atoms with Crippen LogP contribution in [0.3, 0.4) is 0 Å². The Hall–Kier alpha value is -1.19. The minimum atomic E-state index is -0.535. The van der Waals surface area contributed by atoms with E-state index in [-0.39, 0.29) is 11.5 Å². The first-order valence-corrected chi connectivity index (χ1v) is 6.58. The van der Waals surface area contributed by atoms with Crippen molar-refractivity contribution in [2.24, 2.45) is 16.7 Å². The lowest BCUT2D eigenvalue weighted by molar-refractivity contribution is 0.0269. The van der Waals surface area contributed by atoms with Crippen molar-refractivity contribution < 1.29 is 9.13 Å². The van der Waals surface area contributed by atoms with E-state index < -0.39 is 5.95 Å². The second kappa shape index (κ2) is 3.65. The summed E-state index contributed by atoms with van der Waals surface area (Å²) in [5, 5.41) is 0. The van der Waals surface area contributed by atoms with Gasteiger partial charge in [-0.25, -0.2) is 9.97 Å². The molecule has 2 aliphatic rings. The highest BCUT2D eigenvalue weighted by Gasteiger charge is 2.62. The Kier molecular flexibility index (Phi) is 2.41. The molecule has 18 heavy (non-hydrogen) atoms. The molecule has 1 aromatic rings. The van der Waals surface area contributed by atoms with Crippen molar-refractivity contribution in [1.29, 1.82) is 0 Å². The first-order valence-electron chi connectivity index (χ1n) is 6.58. The van der Waals surface area contributed by atoms with Crippen LogP contribution in [0, 0.1) is 22.7 Å². The molecule has 3 nitrogen and oxygen atoms in total. The van der Waals surface area contributed by atoms with Crippen LogP contribution in [0.25, 0.3) is 0 Å². The van der Waals surface area contributed by atoms with Gasteiger partial charge in [0.05, 0.1) is 6.07 Å². The summed E-state index contributed by atoms with van der Waals surface area (Å²) in [6.45, 7) is 6.95. The lowest BCUT2D eigenvalue weighted by Gasteiger charge is -2.38. The molecule has 1 heterocycles. The maximum Gasteiger partial charge on any atom is 0.219 e. The quantitative estimate of drug-likeness (QED) is 0.756. The minimum absolute atomic E-state index is 0.139. The van der Waals surface area contributed by atoms with Gasteiger partial charge in [0.15, 0.2) is 0 Å². The lowest BCUT2D eigenvalue weighted by Crippen LogP contribution is -2.39. The molecule has 0 saturated heterocycles. The highest BCUT2D eigenvalue weighted by Crippen LogP contribution is 2.66. The first-order chi connectivity index (χ1) is 8.43. The third kappa shape index (κ3) is 1.47. The van der Waals surface area contributed by atoms with Crippen LogP contribution >= 0.6 is 0 Å². The van der Waals surface area contributed by atoms with Gasteiger partial charge in [0.2, 0.25) is 11.8 Å². The third-order valence-electron chi connectivity index (χ3n) is 5.59. The van der Waals surface area contributed by atoms with Gasteiger partial charge in [-0.2, -0.15) is 4.39 Å². The van der Waals surface area contributed by atoms with Crippen molar-refractivity contribution in [3.05, 3.63) is 18.3 Å². The molecular formula is C14H19FN2O. The van der Waals surface area contributed by atoms with E-state index >= 15 is 0 Å². The molecule has 3 rings (SSSR count). The number of ether oxygens (including phenoxy) is 1. The monoisotopic (exact) mass is 250 g/mol. The largest absolute Gasteiger partial charge is 0.474 e. The van der Waals surface area contributed by atoms with E-state index in [2.05, 4.69) is 30.7 Å². The highest BCUT2D eigenvalue weighted by molar-refractivity contribution is 5.15. The molecule has 2 aliphatic carbocycles. The maximum atomic E-state index is 13.0. The van der Waals surface area contributed by atoms with Gasteiger partial charge in [-0.15, -0.1) is 0 Å². The van der Waals surface area contributed by atoms with E-state index in [1.807, 2.05) is 0 Å². The van der Waals surface area contributed by atoms with E-state index in [4.69, 9.17) is 4.74 Å². The summed E-state index contributed by atoms with van der Waals surface area (Å²) in [6, 6.07) is 1.27. The summed E-state index contributed by atoms with van der Waals surface area (Å²) in [7, 11) is 0. The van der Waals surface area contributed by atoms with Crippen LogP contribution in [0.2, 0.25) is 0 Å².